The Hall–Kier alpha value is -3.26. The number of alkyl carbamates (subject to hydrolysis) is 1. The van der Waals surface area contributed by atoms with Crippen molar-refractivity contribution in [2.75, 3.05) is 78.9 Å². The highest BCUT2D eigenvalue weighted by Gasteiger charge is 2.16. The molecule has 0 aliphatic carbocycles. The molecule has 0 saturated heterocycles. The Balaban J connectivity index is 2.07. The molecule has 13 heteroatoms. The SMILES string of the molecule is COC(=O)c1cc(NC(=O)CCOCCOCCOCCOCCNC(=O)OC(C)(C)C)cc(C(=O)OC)c1. The second kappa shape index (κ2) is 18.9. The zero-order valence-electron chi connectivity index (χ0n) is 23.3. The molecule has 0 aromatic heterocycles. The lowest BCUT2D eigenvalue weighted by Crippen LogP contribution is -2.34. The third kappa shape index (κ3) is 16.3. The lowest BCUT2D eigenvalue weighted by molar-refractivity contribution is -0.117. The van der Waals surface area contributed by atoms with E-state index in [1.165, 1.54) is 32.4 Å². The number of esters is 2. The smallest absolute Gasteiger partial charge is 0.407 e. The zero-order valence-corrected chi connectivity index (χ0v) is 23.3. The number of amides is 2. The van der Waals surface area contributed by atoms with Crippen LogP contribution in [-0.2, 0) is 38.0 Å². The number of benzene rings is 1. The molecule has 0 radical (unpaired) electrons. The van der Waals surface area contributed by atoms with Gasteiger partial charge in [-0.2, -0.15) is 0 Å². The third-order valence-electron chi connectivity index (χ3n) is 4.56. The fourth-order valence-corrected chi connectivity index (χ4v) is 2.86. The van der Waals surface area contributed by atoms with Gasteiger partial charge in [-0.1, -0.05) is 0 Å². The van der Waals surface area contributed by atoms with Crippen molar-refractivity contribution in [3.05, 3.63) is 29.3 Å². The van der Waals surface area contributed by atoms with Crippen LogP contribution in [0.2, 0.25) is 0 Å². The summed E-state index contributed by atoms with van der Waals surface area (Å²) < 4.78 is 36.0. The van der Waals surface area contributed by atoms with Crippen LogP contribution < -0.4 is 10.6 Å². The fraction of sp³-hybridized carbons (Fsp3) is 0.615. The monoisotopic (exact) mass is 556 g/mol. The van der Waals surface area contributed by atoms with Gasteiger partial charge in [0.2, 0.25) is 5.91 Å². The van der Waals surface area contributed by atoms with Gasteiger partial charge < -0.3 is 43.8 Å². The van der Waals surface area contributed by atoms with Crippen LogP contribution in [0.4, 0.5) is 10.5 Å². The van der Waals surface area contributed by atoms with Gasteiger partial charge in [0.05, 0.1) is 84.6 Å². The van der Waals surface area contributed by atoms with E-state index < -0.39 is 23.6 Å². The second-order valence-corrected chi connectivity index (χ2v) is 8.96. The average molecular weight is 557 g/mol. The molecule has 0 saturated carbocycles. The molecule has 2 N–H and O–H groups in total. The summed E-state index contributed by atoms with van der Waals surface area (Å²) >= 11 is 0. The lowest BCUT2D eigenvalue weighted by Gasteiger charge is -2.19. The van der Waals surface area contributed by atoms with E-state index in [0.29, 0.717) is 52.8 Å². The van der Waals surface area contributed by atoms with Crippen LogP contribution in [0.1, 0.15) is 47.9 Å². The van der Waals surface area contributed by atoms with E-state index in [1.54, 1.807) is 20.8 Å². The molecule has 0 heterocycles. The number of carbonyl (C=O) groups excluding carboxylic acids is 4. The number of carbonyl (C=O) groups is 4. The van der Waals surface area contributed by atoms with Crippen molar-refractivity contribution in [3.8, 4) is 0 Å². The van der Waals surface area contributed by atoms with Gasteiger partial charge >= 0.3 is 18.0 Å². The average Bonchev–Trinajstić information content (AvgIpc) is 2.88. The van der Waals surface area contributed by atoms with Gasteiger partial charge in [-0.15, -0.1) is 0 Å². The highest BCUT2D eigenvalue weighted by Crippen LogP contribution is 2.17. The first-order valence-corrected chi connectivity index (χ1v) is 12.4. The normalized spacial score (nSPS) is 11.0. The number of rotatable bonds is 18. The maximum atomic E-state index is 12.2. The Kier molecular flexibility index (Phi) is 16.4. The maximum absolute atomic E-state index is 12.2. The summed E-state index contributed by atoms with van der Waals surface area (Å²) in [6.45, 7) is 8.42. The molecule has 2 amide bonds. The van der Waals surface area contributed by atoms with E-state index in [2.05, 4.69) is 20.1 Å². The molecule has 13 nitrogen and oxygen atoms in total. The highest BCUT2D eigenvalue weighted by atomic mass is 16.6. The van der Waals surface area contributed by atoms with Crippen LogP contribution in [0.3, 0.4) is 0 Å². The molecule has 1 aromatic rings. The van der Waals surface area contributed by atoms with Crippen molar-refractivity contribution in [3.63, 3.8) is 0 Å². The van der Waals surface area contributed by atoms with Crippen LogP contribution in [0.15, 0.2) is 18.2 Å². The molecule has 39 heavy (non-hydrogen) atoms. The largest absolute Gasteiger partial charge is 0.465 e. The summed E-state index contributed by atoms with van der Waals surface area (Å²) in [6, 6.07) is 4.14. The number of nitrogens with one attached hydrogen (secondary N) is 2. The summed E-state index contributed by atoms with van der Waals surface area (Å²) in [5.41, 5.74) is -0.0675. The maximum Gasteiger partial charge on any atom is 0.407 e. The van der Waals surface area contributed by atoms with Crippen LogP contribution in [0.25, 0.3) is 0 Å². The quantitative estimate of drug-likeness (QED) is 0.155. The molecular formula is C26H40N2O11. The van der Waals surface area contributed by atoms with E-state index in [-0.39, 0.29) is 35.7 Å². The molecule has 1 aromatic carbocycles. The van der Waals surface area contributed by atoms with Crippen molar-refractivity contribution in [2.24, 2.45) is 0 Å². The summed E-state index contributed by atoms with van der Waals surface area (Å²) in [4.78, 5) is 47.4. The Morgan fingerprint density at radius 2 is 1.15 bits per heavy atom. The van der Waals surface area contributed by atoms with Gasteiger partial charge in [0.15, 0.2) is 0 Å². The molecule has 0 bridgehead atoms. The fourth-order valence-electron chi connectivity index (χ4n) is 2.86. The second-order valence-electron chi connectivity index (χ2n) is 8.96. The Morgan fingerprint density at radius 3 is 1.62 bits per heavy atom. The predicted molar refractivity (Wildman–Crippen MR) is 140 cm³/mol. The first-order chi connectivity index (χ1) is 18.6. The standard InChI is InChI=1S/C26H40N2O11/c1-26(2,3)39-25(32)27-7-9-36-11-13-38-15-14-37-12-10-35-8-6-22(29)28-21-17-19(23(30)33-4)16-20(18-21)24(31)34-5/h16-18H,6-15H2,1-5H3,(H,27,32)(H,28,29). The summed E-state index contributed by atoms with van der Waals surface area (Å²) in [7, 11) is 2.43. The molecule has 1 rings (SSSR count). The molecule has 0 spiro atoms. The first kappa shape index (κ1) is 33.8. The van der Waals surface area contributed by atoms with Crippen molar-refractivity contribution < 1.29 is 52.3 Å². The van der Waals surface area contributed by atoms with E-state index in [9.17, 15) is 19.2 Å². The highest BCUT2D eigenvalue weighted by molar-refractivity contribution is 5.99. The Labute approximate surface area is 228 Å². The van der Waals surface area contributed by atoms with Gasteiger partial charge in [0.25, 0.3) is 0 Å². The van der Waals surface area contributed by atoms with Crippen LogP contribution in [0.5, 0.6) is 0 Å². The molecule has 0 aliphatic rings. The minimum Gasteiger partial charge on any atom is -0.465 e. The number of methoxy groups -OCH3 is 2. The van der Waals surface area contributed by atoms with Crippen molar-refractivity contribution >= 4 is 29.6 Å². The Morgan fingerprint density at radius 1 is 0.692 bits per heavy atom. The van der Waals surface area contributed by atoms with Gasteiger partial charge in [-0.25, -0.2) is 14.4 Å². The topological polar surface area (TPSA) is 157 Å². The Bertz CT molecular complexity index is 881. The first-order valence-electron chi connectivity index (χ1n) is 12.4. The summed E-state index contributed by atoms with van der Waals surface area (Å²) in [5, 5.41) is 5.22. The van der Waals surface area contributed by atoms with Crippen LogP contribution >= 0.6 is 0 Å². The van der Waals surface area contributed by atoms with E-state index in [1.807, 2.05) is 0 Å². The molecule has 0 aliphatic heterocycles. The van der Waals surface area contributed by atoms with Crippen molar-refractivity contribution in [1.82, 2.24) is 5.32 Å². The van der Waals surface area contributed by atoms with Gasteiger partial charge in [0, 0.05) is 12.2 Å². The van der Waals surface area contributed by atoms with E-state index in [0.717, 1.165) is 0 Å². The summed E-state index contributed by atoms with van der Waals surface area (Å²) in [6.07, 6.45) is -0.420. The van der Waals surface area contributed by atoms with Crippen LogP contribution in [-0.4, -0.2) is 103 Å². The van der Waals surface area contributed by atoms with Gasteiger partial charge in [-0.3, -0.25) is 4.79 Å². The molecule has 0 fully saturated rings. The molecule has 0 unspecified atom stereocenters. The van der Waals surface area contributed by atoms with Crippen molar-refractivity contribution in [1.29, 1.82) is 0 Å². The zero-order chi connectivity index (χ0) is 29.1. The molecule has 220 valence electrons. The van der Waals surface area contributed by atoms with Crippen LogP contribution in [0, 0.1) is 0 Å². The minimum atomic E-state index is -0.650. The third-order valence-corrected chi connectivity index (χ3v) is 4.56. The number of hydrogen-bond donors (Lipinski definition) is 2. The number of hydrogen-bond acceptors (Lipinski definition) is 11. The number of ether oxygens (including phenoxy) is 7. The van der Waals surface area contributed by atoms with E-state index >= 15 is 0 Å². The molecule has 0 atom stereocenters. The molecular weight excluding hydrogens is 516 g/mol. The van der Waals surface area contributed by atoms with E-state index in [4.69, 9.17) is 23.7 Å². The van der Waals surface area contributed by atoms with Gasteiger partial charge in [0.1, 0.15) is 5.60 Å². The summed E-state index contributed by atoms with van der Waals surface area (Å²) in [5.74, 6) is -1.66. The van der Waals surface area contributed by atoms with Crippen molar-refractivity contribution in [2.45, 2.75) is 32.8 Å². The number of anilines is 1. The predicted octanol–water partition coefficient (Wildman–Crippen LogP) is 2.18. The lowest BCUT2D eigenvalue weighted by atomic mass is 10.1. The van der Waals surface area contributed by atoms with Gasteiger partial charge in [-0.05, 0) is 39.0 Å². The minimum absolute atomic E-state index is 0.0619.